The van der Waals surface area contributed by atoms with Crippen LogP contribution in [0.3, 0.4) is 0 Å². The molecule has 3 aromatic rings. The van der Waals surface area contributed by atoms with Gasteiger partial charge in [0, 0.05) is 48.1 Å². The zero-order valence-electron chi connectivity index (χ0n) is 15.5. The number of aromatic nitrogens is 3. The van der Waals surface area contributed by atoms with E-state index in [4.69, 9.17) is 0 Å². The number of hydrogen-bond donors (Lipinski definition) is 2. The minimum atomic E-state index is 0.612. The fraction of sp³-hybridized carbons (Fsp3) is 0.250. The number of rotatable bonds is 8. The third-order valence-corrected chi connectivity index (χ3v) is 4.74. The van der Waals surface area contributed by atoms with Gasteiger partial charge in [0.2, 0.25) is 5.95 Å². The SMILES string of the molecule is CN(C)CCNc1nc(NCc2ccccc2Br)cc(-c2ccncc2)n1. The maximum atomic E-state index is 4.66. The number of nitrogens with one attached hydrogen (secondary N) is 2. The summed E-state index contributed by atoms with van der Waals surface area (Å²) in [4.78, 5) is 15.5. The van der Waals surface area contributed by atoms with Gasteiger partial charge in [-0.3, -0.25) is 4.98 Å². The first-order valence-electron chi connectivity index (χ1n) is 8.77. The number of likely N-dealkylation sites (N-methyl/N-ethyl adjacent to an activating group) is 1. The molecule has 3 rings (SSSR count). The predicted octanol–water partition coefficient (Wildman–Crippen LogP) is 3.89. The highest BCUT2D eigenvalue weighted by atomic mass is 79.9. The largest absolute Gasteiger partial charge is 0.366 e. The summed E-state index contributed by atoms with van der Waals surface area (Å²) in [5.74, 6) is 1.39. The van der Waals surface area contributed by atoms with E-state index in [1.54, 1.807) is 12.4 Å². The molecule has 2 aromatic heterocycles. The van der Waals surface area contributed by atoms with Crippen molar-refractivity contribution in [1.82, 2.24) is 19.9 Å². The van der Waals surface area contributed by atoms with E-state index >= 15 is 0 Å². The van der Waals surface area contributed by atoms with E-state index in [2.05, 4.69) is 52.5 Å². The smallest absolute Gasteiger partial charge is 0.225 e. The van der Waals surface area contributed by atoms with Crippen molar-refractivity contribution in [2.24, 2.45) is 0 Å². The average molecular weight is 427 g/mol. The maximum Gasteiger partial charge on any atom is 0.225 e. The van der Waals surface area contributed by atoms with Gasteiger partial charge >= 0.3 is 0 Å². The molecule has 1 aromatic carbocycles. The molecule has 0 spiro atoms. The van der Waals surface area contributed by atoms with E-state index in [-0.39, 0.29) is 0 Å². The van der Waals surface area contributed by atoms with Crippen molar-refractivity contribution >= 4 is 27.7 Å². The van der Waals surface area contributed by atoms with Crippen molar-refractivity contribution < 1.29 is 0 Å². The summed E-state index contributed by atoms with van der Waals surface area (Å²) >= 11 is 3.59. The Balaban J connectivity index is 1.81. The Morgan fingerprint density at radius 2 is 1.78 bits per heavy atom. The molecule has 7 heteroatoms. The molecule has 0 bridgehead atoms. The zero-order valence-corrected chi connectivity index (χ0v) is 17.1. The van der Waals surface area contributed by atoms with Crippen LogP contribution in [0.2, 0.25) is 0 Å². The van der Waals surface area contributed by atoms with Gasteiger partial charge in [0.05, 0.1) is 5.69 Å². The van der Waals surface area contributed by atoms with E-state index in [0.29, 0.717) is 12.5 Å². The van der Waals surface area contributed by atoms with Crippen molar-refractivity contribution in [3.05, 3.63) is 64.9 Å². The maximum absolute atomic E-state index is 4.66. The second-order valence-corrected chi connectivity index (χ2v) is 7.23. The van der Waals surface area contributed by atoms with E-state index in [1.165, 1.54) is 5.56 Å². The van der Waals surface area contributed by atoms with Crippen LogP contribution in [-0.4, -0.2) is 47.0 Å². The summed E-state index contributed by atoms with van der Waals surface area (Å²) in [5.41, 5.74) is 3.03. The lowest BCUT2D eigenvalue weighted by molar-refractivity contribution is 0.425. The summed E-state index contributed by atoms with van der Waals surface area (Å²) in [7, 11) is 4.08. The molecule has 2 heterocycles. The van der Waals surface area contributed by atoms with Crippen LogP contribution in [0.1, 0.15) is 5.56 Å². The number of hydrogen-bond acceptors (Lipinski definition) is 6. The predicted molar refractivity (Wildman–Crippen MR) is 114 cm³/mol. The van der Waals surface area contributed by atoms with Crippen molar-refractivity contribution in [2.45, 2.75) is 6.54 Å². The fourth-order valence-electron chi connectivity index (χ4n) is 2.51. The van der Waals surface area contributed by atoms with Gasteiger partial charge in [-0.2, -0.15) is 4.98 Å². The Labute approximate surface area is 168 Å². The Kier molecular flexibility index (Phi) is 6.73. The number of pyridine rings is 1. The monoisotopic (exact) mass is 426 g/mol. The van der Waals surface area contributed by atoms with Crippen LogP contribution >= 0.6 is 15.9 Å². The molecule has 0 saturated carbocycles. The summed E-state index contributed by atoms with van der Waals surface area (Å²) in [6, 6.07) is 14.0. The third-order valence-electron chi connectivity index (χ3n) is 3.96. The Bertz CT molecular complexity index is 869. The Hall–Kier alpha value is -2.51. The van der Waals surface area contributed by atoms with Crippen LogP contribution in [0.5, 0.6) is 0 Å². The van der Waals surface area contributed by atoms with Crippen molar-refractivity contribution in [1.29, 1.82) is 0 Å². The highest BCUT2D eigenvalue weighted by molar-refractivity contribution is 9.10. The minimum absolute atomic E-state index is 0.612. The molecular weight excluding hydrogens is 404 g/mol. The second-order valence-electron chi connectivity index (χ2n) is 6.37. The molecule has 0 saturated heterocycles. The van der Waals surface area contributed by atoms with E-state index < -0.39 is 0 Å². The van der Waals surface area contributed by atoms with Crippen molar-refractivity contribution in [3.63, 3.8) is 0 Å². The van der Waals surface area contributed by atoms with Gasteiger partial charge in [-0.1, -0.05) is 34.1 Å². The van der Waals surface area contributed by atoms with Gasteiger partial charge in [-0.05, 0) is 37.9 Å². The molecule has 0 aliphatic carbocycles. The average Bonchev–Trinajstić information content (AvgIpc) is 2.68. The molecule has 140 valence electrons. The Morgan fingerprint density at radius 1 is 1.00 bits per heavy atom. The lowest BCUT2D eigenvalue weighted by Gasteiger charge is -2.13. The molecule has 0 radical (unpaired) electrons. The Morgan fingerprint density at radius 3 is 2.52 bits per heavy atom. The van der Waals surface area contributed by atoms with Gasteiger partial charge in [-0.15, -0.1) is 0 Å². The molecule has 0 amide bonds. The lowest BCUT2D eigenvalue weighted by atomic mass is 10.2. The van der Waals surface area contributed by atoms with E-state index in [0.717, 1.165) is 34.6 Å². The molecule has 0 aliphatic rings. The molecule has 27 heavy (non-hydrogen) atoms. The molecule has 0 unspecified atom stereocenters. The van der Waals surface area contributed by atoms with Crippen LogP contribution in [0.25, 0.3) is 11.3 Å². The topological polar surface area (TPSA) is 66.0 Å². The van der Waals surface area contributed by atoms with Gasteiger partial charge in [0.25, 0.3) is 0 Å². The first-order valence-corrected chi connectivity index (χ1v) is 9.56. The summed E-state index contributed by atoms with van der Waals surface area (Å²) in [6.45, 7) is 2.35. The van der Waals surface area contributed by atoms with Crippen LogP contribution in [0.4, 0.5) is 11.8 Å². The summed E-state index contributed by atoms with van der Waals surface area (Å²) in [5, 5.41) is 6.71. The molecule has 0 atom stereocenters. The zero-order chi connectivity index (χ0) is 19.1. The number of anilines is 2. The molecule has 2 N–H and O–H groups in total. The summed E-state index contributed by atoms with van der Waals surface area (Å²) < 4.78 is 1.07. The van der Waals surface area contributed by atoms with Crippen LogP contribution < -0.4 is 10.6 Å². The highest BCUT2D eigenvalue weighted by Gasteiger charge is 2.08. The standard InChI is InChI=1S/C20H23BrN6/c1-27(2)12-11-23-20-25-18(15-7-9-22-10-8-15)13-19(26-20)24-14-16-5-3-4-6-17(16)21/h3-10,13H,11-12,14H2,1-2H3,(H2,23,24,25,26). The van der Waals surface area contributed by atoms with Crippen LogP contribution in [0, 0.1) is 0 Å². The number of halogens is 1. The summed E-state index contributed by atoms with van der Waals surface area (Å²) in [6.07, 6.45) is 3.54. The van der Waals surface area contributed by atoms with Crippen LogP contribution in [0.15, 0.2) is 59.3 Å². The quantitative estimate of drug-likeness (QED) is 0.569. The third kappa shape index (κ3) is 5.74. The van der Waals surface area contributed by atoms with Gasteiger partial charge in [0.15, 0.2) is 0 Å². The molecule has 0 fully saturated rings. The van der Waals surface area contributed by atoms with Crippen molar-refractivity contribution in [2.75, 3.05) is 37.8 Å². The first-order chi connectivity index (χ1) is 13.1. The van der Waals surface area contributed by atoms with Crippen LogP contribution in [-0.2, 0) is 6.54 Å². The normalized spacial score (nSPS) is 10.8. The lowest BCUT2D eigenvalue weighted by Crippen LogP contribution is -2.21. The molecule has 0 aliphatic heterocycles. The number of nitrogens with zero attached hydrogens (tertiary/aromatic N) is 4. The highest BCUT2D eigenvalue weighted by Crippen LogP contribution is 2.22. The molecular formula is C20H23BrN6. The van der Waals surface area contributed by atoms with Gasteiger partial charge < -0.3 is 15.5 Å². The van der Waals surface area contributed by atoms with Gasteiger partial charge in [-0.25, -0.2) is 4.98 Å². The van der Waals surface area contributed by atoms with E-state index in [9.17, 15) is 0 Å². The molecule has 6 nitrogen and oxygen atoms in total. The second kappa shape index (κ2) is 9.43. The minimum Gasteiger partial charge on any atom is -0.366 e. The van der Waals surface area contributed by atoms with Crippen molar-refractivity contribution in [3.8, 4) is 11.3 Å². The first kappa shape index (κ1) is 19.3. The number of benzene rings is 1. The van der Waals surface area contributed by atoms with Gasteiger partial charge in [0.1, 0.15) is 5.82 Å². The fourth-order valence-corrected chi connectivity index (χ4v) is 2.93. The van der Waals surface area contributed by atoms with E-state index in [1.807, 2.05) is 50.5 Å².